The maximum atomic E-state index is 12.4. The quantitative estimate of drug-likeness (QED) is 0.728. The van der Waals surface area contributed by atoms with Crippen LogP contribution >= 0.6 is 0 Å². The monoisotopic (exact) mass is 254 g/mol. The third-order valence-electron chi connectivity index (χ3n) is 3.65. The van der Waals surface area contributed by atoms with Crippen LogP contribution in [0.3, 0.4) is 0 Å². The Balaban J connectivity index is 2.11. The number of hydrogen-bond acceptors (Lipinski definition) is 3. The van der Waals surface area contributed by atoms with E-state index in [1.807, 2.05) is 0 Å². The highest BCUT2D eigenvalue weighted by Crippen LogP contribution is 2.38. The maximum absolute atomic E-state index is 12.4. The van der Waals surface area contributed by atoms with Crippen molar-refractivity contribution in [2.75, 3.05) is 20.3 Å². The minimum atomic E-state index is -0.782. The van der Waals surface area contributed by atoms with E-state index >= 15 is 0 Å². The summed E-state index contributed by atoms with van der Waals surface area (Å²) >= 11 is 0. The average molecular weight is 254 g/mol. The van der Waals surface area contributed by atoms with Gasteiger partial charge in [0.1, 0.15) is 11.6 Å². The van der Waals surface area contributed by atoms with Gasteiger partial charge in [-0.3, -0.25) is 9.59 Å². The Bertz CT molecular complexity index is 350. The molecule has 5 nitrogen and oxygen atoms in total. The zero-order valence-corrected chi connectivity index (χ0v) is 11.4. The number of nitrogens with one attached hydrogen (secondary N) is 1. The first-order valence-corrected chi connectivity index (χ1v) is 6.59. The number of carbonyl (C=O) groups excluding carboxylic acids is 2. The zero-order valence-electron chi connectivity index (χ0n) is 11.4. The number of amides is 2. The van der Waals surface area contributed by atoms with Crippen LogP contribution in [0.1, 0.15) is 33.1 Å². The topological polar surface area (TPSA) is 58.6 Å². The summed E-state index contributed by atoms with van der Waals surface area (Å²) < 4.78 is 5.02. The molecule has 0 spiro atoms. The number of ether oxygens (including phenoxy) is 1. The third-order valence-corrected chi connectivity index (χ3v) is 3.65. The van der Waals surface area contributed by atoms with Crippen LogP contribution in [0.2, 0.25) is 0 Å². The van der Waals surface area contributed by atoms with Crippen molar-refractivity contribution in [2.45, 2.75) is 44.7 Å². The molecule has 0 radical (unpaired) electrons. The molecule has 0 aromatic carbocycles. The van der Waals surface area contributed by atoms with Crippen molar-refractivity contribution in [3.63, 3.8) is 0 Å². The second kappa shape index (κ2) is 4.88. The molecule has 5 heteroatoms. The molecule has 1 N–H and O–H groups in total. The summed E-state index contributed by atoms with van der Waals surface area (Å²) in [5.41, 5.74) is -0.782. The lowest BCUT2D eigenvalue weighted by molar-refractivity contribution is -0.154. The van der Waals surface area contributed by atoms with Crippen molar-refractivity contribution in [3.8, 4) is 0 Å². The van der Waals surface area contributed by atoms with Gasteiger partial charge in [-0.05, 0) is 39.0 Å². The average Bonchev–Trinajstić information content (AvgIpc) is 3.09. The van der Waals surface area contributed by atoms with Crippen LogP contribution in [-0.2, 0) is 14.3 Å². The number of piperazine rings is 1. The Labute approximate surface area is 108 Å². The minimum absolute atomic E-state index is 0.000447. The minimum Gasteiger partial charge on any atom is -0.385 e. The Hall–Kier alpha value is -1.10. The predicted octanol–water partition coefficient (Wildman–Crippen LogP) is 0.538. The fraction of sp³-hybridized carbons (Fsp3) is 0.846. The Kier molecular flexibility index (Phi) is 3.61. The van der Waals surface area contributed by atoms with Crippen LogP contribution in [0, 0.1) is 5.92 Å². The Morgan fingerprint density at radius 3 is 2.61 bits per heavy atom. The molecule has 1 saturated carbocycles. The summed E-state index contributed by atoms with van der Waals surface area (Å²) in [7, 11) is 1.65. The molecule has 0 aromatic heterocycles. The van der Waals surface area contributed by atoms with Gasteiger partial charge in [0, 0.05) is 20.3 Å². The third kappa shape index (κ3) is 2.51. The summed E-state index contributed by atoms with van der Waals surface area (Å²) in [4.78, 5) is 26.3. The van der Waals surface area contributed by atoms with Gasteiger partial charge in [-0.25, -0.2) is 0 Å². The van der Waals surface area contributed by atoms with Gasteiger partial charge >= 0.3 is 0 Å². The van der Waals surface area contributed by atoms with Gasteiger partial charge < -0.3 is 15.0 Å². The normalized spacial score (nSPS) is 27.3. The molecule has 0 aromatic rings. The van der Waals surface area contributed by atoms with E-state index in [0.717, 1.165) is 19.3 Å². The smallest absolute Gasteiger partial charge is 0.248 e. The SMILES string of the molecule is COCCCN1C(=O)C(C)(C)NC(=O)C1C1CC1. The highest BCUT2D eigenvalue weighted by atomic mass is 16.5. The molecule has 1 aliphatic heterocycles. The van der Waals surface area contributed by atoms with E-state index in [4.69, 9.17) is 4.74 Å². The Morgan fingerprint density at radius 1 is 1.39 bits per heavy atom. The first kappa shape index (κ1) is 13.3. The van der Waals surface area contributed by atoms with Crippen LogP contribution in [-0.4, -0.2) is 48.6 Å². The summed E-state index contributed by atoms with van der Waals surface area (Å²) in [5.74, 6) is 0.377. The number of methoxy groups -OCH3 is 1. The predicted molar refractivity (Wildman–Crippen MR) is 66.9 cm³/mol. The molecular weight excluding hydrogens is 232 g/mol. The van der Waals surface area contributed by atoms with Gasteiger partial charge in [0.25, 0.3) is 0 Å². The molecule has 1 unspecified atom stereocenters. The second-order valence-electron chi connectivity index (χ2n) is 5.74. The van der Waals surface area contributed by atoms with E-state index in [0.29, 0.717) is 19.1 Å². The van der Waals surface area contributed by atoms with Crippen LogP contribution in [0.25, 0.3) is 0 Å². The van der Waals surface area contributed by atoms with E-state index in [9.17, 15) is 9.59 Å². The molecule has 102 valence electrons. The van der Waals surface area contributed by atoms with Gasteiger partial charge in [0.2, 0.25) is 11.8 Å². The lowest BCUT2D eigenvalue weighted by atomic mass is 9.94. The highest BCUT2D eigenvalue weighted by molar-refractivity contribution is 5.99. The maximum Gasteiger partial charge on any atom is 0.248 e. The summed E-state index contributed by atoms with van der Waals surface area (Å²) in [6, 6.07) is -0.262. The molecule has 18 heavy (non-hydrogen) atoms. The van der Waals surface area contributed by atoms with E-state index < -0.39 is 5.54 Å². The summed E-state index contributed by atoms with van der Waals surface area (Å²) in [6.07, 6.45) is 2.87. The van der Waals surface area contributed by atoms with Crippen molar-refractivity contribution < 1.29 is 14.3 Å². The molecule has 2 rings (SSSR count). The molecule has 1 saturated heterocycles. The number of rotatable bonds is 5. The number of nitrogens with zero attached hydrogens (tertiary/aromatic N) is 1. The first-order chi connectivity index (χ1) is 8.47. The van der Waals surface area contributed by atoms with E-state index in [1.165, 1.54) is 0 Å². The standard InChI is InChI=1S/C13H22N2O3/c1-13(2)12(17)15(7-4-8-18-3)10(9-5-6-9)11(16)14-13/h9-10H,4-8H2,1-3H3,(H,14,16). The molecule has 2 fully saturated rings. The zero-order chi connectivity index (χ0) is 13.3. The van der Waals surface area contributed by atoms with E-state index in [1.54, 1.807) is 25.9 Å². The fourth-order valence-electron chi connectivity index (χ4n) is 2.56. The van der Waals surface area contributed by atoms with Crippen LogP contribution in [0.15, 0.2) is 0 Å². The van der Waals surface area contributed by atoms with Crippen molar-refractivity contribution in [2.24, 2.45) is 5.92 Å². The van der Waals surface area contributed by atoms with Crippen LogP contribution in [0.4, 0.5) is 0 Å². The Morgan fingerprint density at radius 2 is 2.06 bits per heavy atom. The van der Waals surface area contributed by atoms with Gasteiger partial charge in [-0.1, -0.05) is 0 Å². The van der Waals surface area contributed by atoms with Gasteiger partial charge in [-0.2, -0.15) is 0 Å². The number of carbonyl (C=O) groups is 2. The van der Waals surface area contributed by atoms with Gasteiger partial charge in [0.15, 0.2) is 0 Å². The second-order valence-corrected chi connectivity index (χ2v) is 5.74. The van der Waals surface area contributed by atoms with E-state index in [-0.39, 0.29) is 17.9 Å². The number of hydrogen-bond donors (Lipinski definition) is 1. The molecule has 2 amide bonds. The molecule has 0 bridgehead atoms. The van der Waals surface area contributed by atoms with Crippen molar-refractivity contribution in [3.05, 3.63) is 0 Å². The first-order valence-electron chi connectivity index (χ1n) is 6.59. The molecule has 1 heterocycles. The highest BCUT2D eigenvalue weighted by Gasteiger charge is 2.50. The lowest BCUT2D eigenvalue weighted by Crippen LogP contribution is -2.68. The largest absolute Gasteiger partial charge is 0.385 e. The van der Waals surface area contributed by atoms with Gasteiger partial charge in [-0.15, -0.1) is 0 Å². The molecule has 2 aliphatic rings. The fourth-order valence-corrected chi connectivity index (χ4v) is 2.56. The van der Waals surface area contributed by atoms with E-state index in [2.05, 4.69) is 5.32 Å². The van der Waals surface area contributed by atoms with Gasteiger partial charge in [0.05, 0.1) is 0 Å². The molecular formula is C13H22N2O3. The summed E-state index contributed by atoms with van der Waals surface area (Å²) in [6.45, 7) is 4.74. The lowest BCUT2D eigenvalue weighted by Gasteiger charge is -2.43. The van der Waals surface area contributed by atoms with Crippen molar-refractivity contribution in [1.82, 2.24) is 10.2 Å². The van der Waals surface area contributed by atoms with Crippen molar-refractivity contribution >= 4 is 11.8 Å². The van der Waals surface area contributed by atoms with Crippen LogP contribution < -0.4 is 5.32 Å². The molecule has 1 aliphatic carbocycles. The molecule has 1 atom stereocenters. The summed E-state index contributed by atoms with van der Waals surface area (Å²) in [5, 5.41) is 2.84. The van der Waals surface area contributed by atoms with Crippen LogP contribution in [0.5, 0.6) is 0 Å². The van der Waals surface area contributed by atoms with Crippen molar-refractivity contribution in [1.29, 1.82) is 0 Å².